The van der Waals surface area contributed by atoms with Crippen molar-refractivity contribution in [3.63, 3.8) is 0 Å². The van der Waals surface area contributed by atoms with Crippen LogP contribution in [0.2, 0.25) is 10.0 Å². The summed E-state index contributed by atoms with van der Waals surface area (Å²) in [6.07, 6.45) is 2.68. The number of hydrogen-bond acceptors (Lipinski definition) is 3. The van der Waals surface area contributed by atoms with E-state index >= 15 is 0 Å². The minimum absolute atomic E-state index is 0.0174. The second-order valence-electron chi connectivity index (χ2n) is 4.16. The van der Waals surface area contributed by atoms with Crippen LogP contribution in [0.15, 0.2) is 47.6 Å². The van der Waals surface area contributed by atoms with Gasteiger partial charge in [-0.05, 0) is 17.7 Å². The van der Waals surface area contributed by atoms with Crippen LogP contribution in [-0.2, 0) is 16.6 Å². The normalized spacial score (nSPS) is 11.8. The molecule has 0 saturated carbocycles. The molecule has 0 atom stereocenters. The summed E-state index contributed by atoms with van der Waals surface area (Å²) in [6, 6.07) is 8.53. The molecule has 4 nitrogen and oxygen atoms in total. The van der Waals surface area contributed by atoms with Crippen molar-refractivity contribution in [1.82, 2.24) is 9.29 Å². The van der Waals surface area contributed by atoms with E-state index in [-0.39, 0.29) is 16.5 Å². The average Bonchev–Trinajstić information content (AvgIpc) is 2.41. The summed E-state index contributed by atoms with van der Waals surface area (Å²) >= 11 is 12.0. The molecule has 0 unspecified atom stereocenters. The zero-order chi connectivity index (χ0) is 14.8. The second-order valence-corrected chi connectivity index (χ2v) is 6.99. The molecule has 1 aromatic carbocycles. The maximum absolute atomic E-state index is 12.4. The second kappa shape index (κ2) is 6.10. The molecule has 0 aliphatic heterocycles. The van der Waals surface area contributed by atoms with Crippen LogP contribution in [0.4, 0.5) is 0 Å². The van der Waals surface area contributed by atoms with Crippen LogP contribution in [0.25, 0.3) is 0 Å². The monoisotopic (exact) mass is 330 g/mol. The fourth-order valence-electron chi connectivity index (χ4n) is 1.67. The number of pyridine rings is 1. The Kier molecular flexibility index (Phi) is 4.65. The summed E-state index contributed by atoms with van der Waals surface area (Å²) in [7, 11) is -2.23. The van der Waals surface area contributed by atoms with Gasteiger partial charge in [-0.3, -0.25) is 4.98 Å². The topological polar surface area (TPSA) is 50.3 Å². The first-order chi connectivity index (χ1) is 9.43. The van der Waals surface area contributed by atoms with Crippen LogP contribution in [0, 0.1) is 0 Å². The van der Waals surface area contributed by atoms with E-state index < -0.39 is 10.0 Å². The summed E-state index contributed by atoms with van der Waals surface area (Å²) in [6.45, 7) is 0.160. The minimum atomic E-state index is -3.70. The van der Waals surface area contributed by atoms with Crippen LogP contribution in [-0.4, -0.2) is 24.8 Å². The van der Waals surface area contributed by atoms with E-state index in [2.05, 4.69) is 4.98 Å². The SMILES string of the molecule is CN(Cc1ccccc1Cl)S(=O)(=O)c1cnccc1Cl. The lowest BCUT2D eigenvalue weighted by atomic mass is 10.2. The summed E-state index contributed by atoms with van der Waals surface area (Å²) in [4.78, 5) is 3.79. The molecule has 1 heterocycles. The summed E-state index contributed by atoms with van der Waals surface area (Å²) < 4.78 is 26.0. The molecule has 1 aromatic heterocycles. The third-order valence-corrected chi connectivity index (χ3v) is 5.41. The fraction of sp³-hybridized carbons (Fsp3) is 0.154. The van der Waals surface area contributed by atoms with Crippen LogP contribution >= 0.6 is 23.2 Å². The van der Waals surface area contributed by atoms with Gasteiger partial charge in [0.1, 0.15) is 4.90 Å². The van der Waals surface area contributed by atoms with E-state index in [0.717, 1.165) is 5.56 Å². The summed E-state index contributed by atoms with van der Waals surface area (Å²) in [5.74, 6) is 0. The van der Waals surface area contributed by atoms with Gasteiger partial charge in [-0.15, -0.1) is 0 Å². The maximum Gasteiger partial charge on any atom is 0.246 e. The van der Waals surface area contributed by atoms with Crippen molar-refractivity contribution in [1.29, 1.82) is 0 Å². The van der Waals surface area contributed by atoms with Crippen molar-refractivity contribution in [2.45, 2.75) is 11.4 Å². The highest BCUT2D eigenvalue weighted by Gasteiger charge is 2.24. The van der Waals surface area contributed by atoms with Crippen molar-refractivity contribution >= 4 is 33.2 Å². The molecule has 2 aromatic rings. The van der Waals surface area contributed by atoms with Crippen LogP contribution < -0.4 is 0 Å². The highest BCUT2D eigenvalue weighted by atomic mass is 35.5. The third kappa shape index (κ3) is 3.12. The number of benzene rings is 1. The number of hydrogen-bond donors (Lipinski definition) is 0. The Hall–Kier alpha value is -1.14. The molecule has 0 saturated heterocycles. The first-order valence-corrected chi connectivity index (χ1v) is 7.92. The van der Waals surface area contributed by atoms with E-state index in [4.69, 9.17) is 23.2 Å². The van der Waals surface area contributed by atoms with E-state index in [1.165, 1.54) is 29.8 Å². The maximum atomic E-state index is 12.4. The molecule has 0 amide bonds. The molecule has 0 N–H and O–H groups in total. The van der Waals surface area contributed by atoms with E-state index in [1.54, 1.807) is 24.3 Å². The molecule has 106 valence electrons. The molecule has 0 aliphatic carbocycles. The first-order valence-electron chi connectivity index (χ1n) is 5.72. The molecule has 0 radical (unpaired) electrons. The zero-order valence-electron chi connectivity index (χ0n) is 10.6. The van der Waals surface area contributed by atoms with Crippen molar-refractivity contribution in [3.8, 4) is 0 Å². The van der Waals surface area contributed by atoms with E-state index in [9.17, 15) is 8.42 Å². The number of halogens is 2. The number of rotatable bonds is 4. The fourth-order valence-corrected chi connectivity index (χ4v) is 3.42. The Morgan fingerprint density at radius 2 is 1.85 bits per heavy atom. The first kappa shape index (κ1) is 15.3. The molecule has 0 fully saturated rings. The van der Waals surface area contributed by atoms with Crippen molar-refractivity contribution in [2.75, 3.05) is 7.05 Å². The van der Waals surface area contributed by atoms with Gasteiger partial charge in [-0.2, -0.15) is 4.31 Å². The van der Waals surface area contributed by atoms with E-state index in [1.807, 2.05) is 0 Å². The number of aromatic nitrogens is 1. The van der Waals surface area contributed by atoms with Gasteiger partial charge in [-0.1, -0.05) is 41.4 Å². The Morgan fingerprint density at radius 3 is 2.50 bits per heavy atom. The Bertz CT molecular complexity index is 720. The molecular formula is C13H12Cl2N2O2S. The quantitative estimate of drug-likeness (QED) is 0.864. The van der Waals surface area contributed by atoms with Gasteiger partial charge in [0.2, 0.25) is 10.0 Å². The molecule has 2 rings (SSSR count). The Balaban J connectivity index is 2.31. The van der Waals surface area contributed by atoms with Crippen molar-refractivity contribution in [2.24, 2.45) is 0 Å². The van der Waals surface area contributed by atoms with Gasteiger partial charge < -0.3 is 0 Å². The summed E-state index contributed by atoms with van der Waals surface area (Å²) in [5.41, 5.74) is 0.722. The molecule has 0 bridgehead atoms. The van der Waals surface area contributed by atoms with E-state index in [0.29, 0.717) is 5.02 Å². The average molecular weight is 331 g/mol. The Morgan fingerprint density at radius 1 is 1.15 bits per heavy atom. The molecule has 20 heavy (non-hydrogen) atoms. The standard InChI is InChI=1S/C13H12Cl2N2O2S/c1-17(9-10-4-2-3-5-11(10)14)20(18,19)13-8-16-7-6-12(13)15/h2-8H,9H2,1H3. The predicted octanol–water partition coefficient (Wildman–Crippen LogP) is 3.21. The predicted molar refractivity (Wildman–Crippen MR) is 79.4 cm³/mol. The lowest BCUT2D eigenvalue weighted by Gasteiger charge is -2.18. The van der Waals surface area contributed by atoms with Crippen molar-refractivity contribution in [3.05, 3.63) is 58.3 Å². The third-order valence-electron chi connectivity index (χ3n) is 2.77. The smallest absolute Gasteiger partial charge is 0.246 e. The zero-order valence-corrected chi connectivity index (χ0v) is 13.0. The minimum Gasteiger partial charge on any atom is -0.263 e. The van der Waals surface area contributed by atoms with Gasteiger partial charge in [0.25, 0.3) is 0 Å². The highest BCUT2D eigenvalue weighted by molar-refractivity contribution is 7.89. The van der Waals surface area contributed by atoms with Gasteiger partial charge >= 0.3 is 0 Å². The number of nitrogens with zero attached hydrogens (tertiary/aromatic N) is 2. The molecule has 7 heteroatoms. The summed E-state index contributed by atoms with van der Waals surface area (Å²) in [5, 5.41) is 0.665. The van der Waals surface area contributed by atoms with Crippen LogP contribution in [0.5, 0.6) is 0 Å². The van der Waals surface area contributed by atoms with Gasteiger partial charge in [0.05, 0.1) is 5.02 Å². The molecular weight excluding hydrogens is 319 g/mol. The van der Waals surface area contributed by atoms with Crippen LogP contribution in [0.3, 0.4) is 0 Å². The number of sulfonamides is 1. The lowest BCUT2D eigenvalue weighted by molar-refractivity contribution is 0.466. The highest BCUT2D eigenvalue weighted by Crippen LogP contribution is 2.25. The Labute approximate surface area is 128 Å². The van der Waals surface area contributed by atoms with Crippen LogP contribution in [0.1, 0.15) is 5.56 Å². The molecule has 0 aliphatic rings. The van der Waals surface area contributed by atoms with Gasteiger partial charge in [0.15, 0.2) is 0 Å². The van der Waals surface area contributed by atoms with Gasteiger partial charge in [0, 0.05) is 31.0 Å². The largest absolute Gasteiger partial charge is 0.263 e. The lowest BCUT2D eigenvalue weighted by Crippen LogP contribution is -2.27. The van der Waals surface area contributed by atoms with Crippen molar-refractivity contribution < 1.29 is 8.42 Å². The molecule has 0 spiro atoms. The van der Waals surface area contributed by atoms with Gasteiger partial charge in [-0.25, -0.2) is 8.42 Å².